The molecule has 1 aromatic rings. The van der Waals surface area contributed by atoms with Crippen LogP contribution in [0.25, 0.3) is 0 Å². The highest BCUT2D eigenvalue weighted by atomic mass is 16.2. The molecule has 2 aliphatic carbocycles. The van der Waals surface area contributed by atoms with Crippen molar-refractivity contribution in [2.24, 2.45) is 11.7 Å². The summed E-state index contributed by atoms with van der Waals surface area (Å²) < 4.78 is 0. The highest BCUT2D eigenvalue weighted by Crippen LogP contribution is 2.30. The number of carbonyl (C=O) groups excluding carboxylic acids is 2. The fourth-order valence-corrected chi connectivity index (χ4v) is 3.55. The van der Waals surface area contributed by atoms with Crippen molar-refractivity contribution in [1.82, 2.24) is 10.3 Å². The van der Waals surface area contributed by atoms with Gasteiger partial charge in [-0.2, -0.15) is 0 Å². The van der Waals surface area contributed by atoms with Gasteiger partial charge in [0.05, 0.1) is 6.04 Å². The molecule has 0 aliphatic heterocycles. The molecule has 1 atom stereocenters. The van der Waals surface area contributed by atoms with Crippen LogP contribution in [-0.4, -0.2) is 16.8 Å². The Morgan fingerprint density at radius 2 is 1.91 bits per heavy atom. The van der Waals surface area contributed by atoms with E-state index in [1.54, 1.807) is 6.07 Å². The zero-order valence-electron chi connectivity index (χ0n) is 12.5. The fourth-order valence-electron chi connectivity index (χ4n) is 3.55. The Balaban J connectivity index is 1.86. The number of fused-ring (bicyclic) bond motifs is 1. The Hall–Kier alpha value is -2.11. The van der Waals surface area contributed by atoms with E-state index in [1.165, 1.54) is 0 Å². The highest BCUT2D eigenvalue weighted by molar-refractivity contribution is 5.92. The first-order valence-electron chi connectivity index (χ1n) is 7.92. The maximum absolute atomic E-state index is 12.3. The van der Waals surface area contributed by atoms with Crippen LogP contribution in [0.4, 0.5) is 0 Å². The summed E-state index contributed by atoms with van der Waals surface area (Å²) in [5.74, 6) is -0.554. The Morgan fingerprint density at radius 1 is 1.18 bits per heavy atom. The van der Waals surface area contributed by atoms with E-state index in [0.717, 1.165) is 56.2 Å². The maximum Gasteiger partial charge on any atom is 0.261 e. The first kappa shape index (κ1) is 14.8. The minimum absolute atomic E-state index is 0.0410. The molecule has 0 aromatic carbocycles. The molecule has 4 N–H and O–H groups in total. The summed E-state index contributed by atoms with van der Waals surface area (Å²) in [6.45, 7) is 0. The van der Waals surface area contributed by atoms with Gasteiger partial charge in [0.15, 0.2) is 0 Å². The number of H-pyrrole nitrogens is 1. The minimum atomic E-state index is -0.740. The van der Waals surface area contributed by atoms with Crippen molar-refractivity contribution in [1.29, 1.82) is 0 Å². The van der Waals surface area contributed by atoms with E-state index in [-0.39, 0.29) is 23.4 Å². The number of nitrogens with two attached hydrogens (primary N) is 1. The van der Waals surface area contributed by atoms with E-state index in [2.05, 4.69) is 10.3 Å². The van der Waals surface area contributed by atoms with Crippen molar-refractivity contribution in [3.05, 3.63) is 33.2 Å². The molecule has 118 valence electrons. The predicted octanol–water partition coefficient (Wildman–Crippen LogP) is 1.16. The van der Waals surface area contributed by atoms with Gasteiger partial charge in [-0.1, -0.05) is 12.8 Å². The monoisotopic (exact) mass is 303 g/mol. The Kier molecular flexibility index (Phi) is 4.00. The number of pyridine rings is 1. The summed E-state index contributed by atoms with van der Waals surface area (Å²) in [7, 11) is 0. The maximum atomic E-state index is 12.3. The van der Waals surface area contributed by atoms with Crippen molar-refractivity contribution < 1.29 is 9.59 Å². The standard InChI is InChI=1S/C16H21N3O3/c17-14(20)11-8-10-12(6-3-7-13(10)19-16(11)22)18-15(21)9-4-1-2-5-9/h8-9,12H,1-7H2,(H2,17,20)(H,18,21)(H,19,22). The van der Waals surface area contributed by atoms with Gasteiger partial charge in [-0.15, -0.1) is 0 Å². The lowest BCUT2D eigenvalue weighted by atomic mass is 9.89. The highest BCUT2D eigenvalue weighted by Gasteiger charge is 2.28. The van der Waals surface area contributed by atoms with Crippen LogP contribution in [0.15, 0.2) is 10.9 Å². The molecule has 1 saturated carbocycles. The first-order chi connectivity index (χ1) is 10.6. The summed E-state index contributed by atoms with van der Waals surface area (Å²) >= 11 is 0. The van der Waals surface area contributed by atoms with Gasteiger partial charge in [-0.25, -0.2) is 0 Å². The van der Waals surface area contributed by atoms with Gasteiger partial charge >= 0.3 is 0 Å². The van der Waals surface area contributed by atoms with E-state index < -0.39 is 11.5 Å². The number of nitrogens with one attached hydrogen (secondary N) is 2. The zero-order valence-corrected chi connectivity index (χ0v) is 12.5. The topological polar surface area (TPSA) is 105 Å². The Labute approximate surface area is 128 Å². The molecule has 0 radical (unpaired) electrons. The lowest BCUT2D eigenvalue weighted by molar-refractivity contribution is -0.125. The molecule has 2 amide bonds. The second-order valence-electron chi connectivity index (χ2n) is 6.25. The average molecular weight is 303 g/mol. The Bertz CT molecular complexity index is 659. The minimum Gasteiger partial charge on any atom is -0.365 e. The van der Waals surface area contributed by atoms with Gasteiger partial charge in [0.2, 0.25) is 5.91 Å². The van der Waals surface area contributed by atoms with Gasteiger partial charge in [0, 0.05) is 11.6 Å². The molecule has 0 bridgehead atoms. The molecule has 1 unspecified atom stereocenters. The smallest absolute Gasteiger partial charge is 0.261 e. The van der Waals surface area contributed by atoms with Crippen molar-refractivity contribution in [3.63, 3.8) is 0 Å². The van der Waals surface area contributed by atoms with E-state index in [4.69, 9.17) is 5.73 Å². The number of primary amides is 1. The second kappa shape index (κ2) is 5.94. The lowest BCUT2D eigenvalue weighted by Crippen LogP contribution is -2.36. The molecule has 0 spiro atoms. The van der Waals surface area contributed by atoms with Crippen LogP contribution < -0.4 is 16.6 Å². The molecule has 6 heteroatoms. The fraction of sp³-hybridized carbons (Fsp3) is 0.562. The largest absolute Gasteiger partial charge is 0.365 e. The van der Waals surface area contributed by atoms with E-state index in [9.17, 15) is 14.4 Å². The van der Waals surface area contributed by atoms with Gasteiger partial charge in [0.1, 0.15) is 5.56 Å². The number of aromatic nitrogens is 1. The normalized spacial score (nSPS) is 21.4. The summed E-state index contributed by atoms with van der Waals surface area (Å²) in [4.78, 5) is 38.3. The number of hydrogen-bond donors (Lipinski definition) is 3. The van der Waals surface area contributed by atoms with Gasteiger partial charge in [-0.05, 0) is 43.7 Å². The number of carbonyl (C=O) groups is 2. The number of rotatable bonds is 3. The van der Waals surface area contributed by atoms with Crippen LogP contribution in [0.2, 0.25) is 0 Å². The third-order valence-corrected chi connectivity index (χ3v) is 4.76. The molecule has 1 fully saturated rings. The van der Waals surface area contributed by atoms with Crippen molar-refractivity contribution in [2.45, 2.75) is 51.0 Å². The molecule has 3 rings (SSSR count). The predicted molar refractivity (Wildman–Crippen MR) is 81.4 cm³/mol. The summed E-state index contributed by atoms with van der Waals surface area (Å²) in [6, 6.07) is 1.40. The first-order valence-corrected chi connectivity index (χ1v) is 7.92. The van der Waals surface area contributed by atoms with E-state index in [0.29, 0.717) is 0 Å². The number of aryl methyl sites for hydroxylation is 1. The Morgan fingerprint density at radius 3 is 2.59 bits per heavy atom. The van der Waals surface area contributed by atoms with Crippen LogP contribution in [0.5, 0.6) is 0 Å². The average Bonchev–Trinajstić information content (AvgIpc) is 3.00. The summed E-state index contributed by atoms with van der Waals surface area (Å²) in [5, 5.41) is 3.09. The number of aromatic amines is 1. The number of hydrogen-bond acceptors (Lipinski definition) is 3. The third kappa shape index (κ3) is 2.77. The molecular formula is C16H21N3O3. The third-order valence-electron chi connectivity index (χ3n) is 4.76. The molecule has 1 aromatic heterocycles. The van der Waals surface area contributed by atoms with Crippen LogP contribution in [0.1, 0.15) is 66.2 Å². The summed E-state index contributed by atoms with van der Waals surface area (Å²) in [6.07, 6.45) is 6.58. The van der Waals surface area contributed by atoms with Crippen LogP contribution >= 0.6 is 0 Å². The second-order valence-corrected chi connectivity index (χ2v) is 6.25. The van der Waals surface area contributed by atoms with Crippen molar-refractivity contribution in [2.75, 3.05) is 0 Å². The van der Waals surface area contributed by atoms with E-state index >= 15 is 0 Å². The van der Waals surface area contributed by atoms with Crippen molar-refractivity contribution in [3.8, 4) is 0 Å². The van der Waals surface area contributed by atoms with Gasteiger partial charge in [-0.3, -0.25) is 14.4 Å². The summed E-state index contributed by atoms with van der Waals surface area (Å²) in [5.41, 5.74) is 6.39. The molecule has 0 saturated heterocycles. The molecule has 6 nitrogen and oxygen atoms in total. The molecule has 22 heavy (non-hydrogen) atoms. The zero-order chi connectivity index (χ0) is 15.7. The van der Waals surface area contributed by atoms with Crippen molar-refractivity contribution >= 4 is 11.8 Å². The molecule has 1 heterocycles. The van der Waals surface area contributed by atoms with Crippen LogP contribution in [-0.2, 0) is 11.2 Å². The van der Waals surface area contributed by atoms with E-state index in [1.807, 2.05) is 0 Å². The van der Waals surface area contributed by atoms with Crippen LogP contribution in [0.3, 0.4) is 0 Å². The lowest BCUT2D eigenvalue weighted by Gasteiger charge is -2.27. The molecule has 2 aliphatic rings. The quantitative estimate of drug-likeness (QED) is 0.780. The van der Waals surface area contributed by atoms with Gasteiger partial charge in [0.25, 0.3) is 11.5 Å². The SMILES string of the molecule is NC(=O)c1cc2c([nH]c1=O)CCCC2NC(=O)C1CCCC1. The van der Waals surface area contributed by atoms with Crippen LogP contribution in [0, 0.1) is 5.92 Å². The molecular weight excluding hydrogens is 282 g/mol. The van der Waals surface area contributed by atoms with Gasteiger partial charge < -0.3 is 16.0 Å². The number of amides is 2.